The van der Waals surface area contributed by atoms with Crippen LogP contribution in [0.4, 0.5) is 0 Å². The molecule has 0 saturated heterocycles. The van der Waals surface area contributed by atoms with Gasteiger partial charge in [-0.05, 0) is 54.1 Å². The molecule has 9 heteroatoms. The van der Waals surface area contributed by atoms with Crippen LogP contribution in [0.1, 0.15) is 5.56 Å². The highest BCUT2D eigenvalue weighted by molar-refractivity contribution is 9.10. The monoisotopic (exact) mass is 412 g/mol. The predicted octanol–water partition coefficient (Wildman–Crippen LogP) is 2.22. The highest BCUT2D eigenvalue weighted by Gasteiger charge is 2.11. The normalized spacial score (nSPS) is 11.4. The van der Waals surface area contributed by atoms with Crippen molar-refractivity contribution < 1.29 is 23.1 Å². The number of carboxylic acids is 1. The molecule has 0 heterocycles. The Morgan fingerprint density at radius 1 is 1.17 bits per heavy atom. The number of rotatable bonds is 7. The van der Waals surface area contributed by atoms with Crippen LogP contribution in [0.25, 0.3) is 0 Å². The van der Waals surface area contributed by atoms with Crippen LogP contribution in [0.5, 0.6) is 5.75 Å². The largest absolute Gasteiger partial charge is 0.482 e. The summed E-state index contributed by atoms with van der Waals surface area (Å²) in [6, 6.07) is 12.5. The summed E-state index contributed by atoms with van der Waals surface area (Å²) in [5, 5.41) is 12.2. The molecule has 0 aliphatic carbocycles. The van der Waals surface area contributed by atoms with Gasteiger partial charge in [-0.2, -0.15) is 13.5 Å². The number of nitrogens with zero attached hydrogens (tertiary/aromatic N) is 1. The third kappa shape index (κ3) is 5.36. The van der Waals surface area contributed by atoms with Crippen molar-refractivity contribution in [2.24, 2.45) is 5.10 Å². The van der Waals surface area contributed by atoms with Gasteiger partial charge in [-0.1, -0.05) is 15.9 Å². The lowest BCUT2D eigenvalue weighted by Crippen LogP contribution is -2.18. The fourth-order valence-electron chi connectivity index (χ4n) is 1.63. The van der Waals surface area contributed by atoms with E-state index in [0.717, 1.165) is 4.47 Å². The molecule has 2 aromatic rings. The molecule has 126 valence electrons. The minimum Gasteiger partial charge on any atom is -0.482 e. The molecule has 0 fully saturated rings. The van der Waals surface area contributed by atoms with Crippen LogP contribution >= 0.6 is 15.9 Å². The Labute approximate surface area is 147 Å². The molecule has 0 atom stereocenters. The Hall–Kier alpha value is -2.39. The molecule has 0 amide bonds. The van der Waals surface area contributed by atoms with Gasteiger partial charge in [-0.3, -0.25) is 0 Å². The average molecular weight is 413 g/mol. The first-order valence-corrected chi connectivity index (χ1v) is 8.89. The summed E-state index contributed by atoms with van der Waals surface area (Å²) in [4.78, 5) is 12.6. The molecule has 2 rings (SSSR count). The maximum absolute atomic E-state index is 12.0. The van der Waals surface area contributed by atoms with E-state index in [0.29, 0.717) is 11.3 Å². The van der Waals surface area contributed by atoms with Gasteiger partial charge >= 0.3 is 5.97 Å². The number of carboxylic acid groups (broad SMARTS) is 1. The summed E-state index contributed by atoms with van der Waals surface area (Å²) in [5.41, 5.74) is 0.621. The Kier molecular flexibility index (Phi) is 5.93. The van der Waals surface area contributed by atoms with Crippen LogP contribution in [0.15, 0.2) is 63.0 Å². The molecule has 0 aromatic heterocycles. The van der Waals surface area contributed by atoms with Gasteiger partial charge in [0.15, 0.2) is 6.61 Å². The highest BCUT2D eigenvalue weighted by atomic mass is 79.9. The van der Waals surface area contributed by atoms with Crippen LogP contribution in [0.3, 0.4) is 0 Å². The number of carbonyl (C=O) groups is 1. The molecule has 2 aromatic carbocycles. The first-order chi connectivity index (χ1) is 11.4. The van der Waals surface area contributed by atoms with E-state index in [1.54, 1.807) is 36.4 Å². The van der Waals surface area contributed by atoms with Crippen LogP contribution in [-0.2, 0) is 14.8 Å². The van der Waals surface area contributed by atoms with Gasteiger partial charge in [-0.15, -0.1) is 0 Å². The molecule has 2 N–H and O–H groups in total. The number of aliphatic carboxylic acids is 1. The molecule has 0 saturated carbocycles. The van der Waals surface area contributed by atoms with Crippen molar-refractivity contribution in [2.75, 3.05) is 6.61 Å². The fourth-order valence-corrected chi connectivity index (χ4v) is 2.69. The first kappa shape index (κ1) is 18.0. The van der Waals surface area contributed by atoms with E-state index in [2.05, 4.69) is 25.9 Å². The number of halogens is 1. The molecule has 24 heavy (non-hydrogen) atoms. The minimum atomic E-state index is -3.73. The summed E-state index contributed by atoms with van der Waals surface area (Å²) in [5.74, 6) is -0.673. The number of hydrogen-bond donors (Lipinski definition) is 2. The van der Waals surface area contributed by atoms with Crippen LogP contribution in [-0.4, -0.2) is 32.3 Å². The summed E-state index contributed by atoms with van der Waals surface area (Å²) < 4.78 is 29.8. The van der Waals surface area contributed by atoms with Crippen LogP contribution in [0.2, 0.25) is 0 Å². The standard InChI is InChI=1S/C15H13BrN2O5S/c16-12-3-7-14(8-4-12)24(21,22)18-17-9-11-1-5-13(6-2-11)23-10-15(19)20/h1-9,18H,10H2,(H,19,20)/b17-9-. The third-order valence-corrected chi connectivity index (χ3v) is 4.52. The van der Waals surface area contributed by atoms with Crippen molar-refractivity contribution in [2.45, 2.75) is 4.90 Å². The molecule has 0 bridgehead atoms. The first-order valence-electron chi connectivity index (χ1n) is 6.62. The van der Waals surface area contributed by atoms with E-state index in [1.165, 1.54) is 18.3 Å². The Bertz CT molecular complexity index is 833. The van der Waals surface area contributed by atoms with Crippen molar-refractivity contribution in [3.05, 3.63) is 58.6 Å². The van der Waals surface area contributed by atoms with Gasteiger partial charge in [0, 0.05) is 4.47 Å². The molecule has 0 aliphatic heterocycles. The van der Waals surface area contributed by atoms with E-state index >= 15 is 0 Å². The number of hydrogen-bond acceptors (Lipinski definition) is 5. The smallest absolute Gasteiger partial charge is 0.341 e. The second-order valence-electron chi connectivity index (χ2n) is 4.56. The lowest BCUT2D eigenvalue weighted by molar-refractivity contribution is -0.139. The number of sulfonamides is 1. The molecular formula is C15H13BrN2O5S. The van der Waals surface area contributed by atoms with Crippen molar-refractivity contribution in [1.82, 2.24) is 4.83 Å². The average Bonchev–Trinajstić information content (AvgIpc) is 2.54. The predicted molar refractivity (Wildman–Crippen MR) is 91.6 cm³/mol. The zero-order valence-electron chi connectivity index (χ0n) is 12.2. The van der Waals surface area contributed by atoms with Gasteiger partial charge in [0.25, 0.3) is 10.0 Å². The van der Waals surface area contributed by atoms with Crippen molar-refractivity contribution in [3.8, 4) is 5.75 Å². The molecule has 0 spiro atoms. The van der Waals surface area contributed by atoms with Crippen molar-refractivity contribution in [3.63, 3.8) is 0 Å². The highest BCUT2D eigenvalue weighted by Crippen LogP contribution is 2.14. The van der Waals surface area contributed by atoms with Crippen molar-refractivity contribution in [1.29, 1.82) is 0 Å². The number of ether oxygens (including phenoxy) is 1. The topological polar surface area (TPSA) is 105 Å². The third-order valence-electron chi connectivity index (χ3n) is 2.75. The minimum absolute atomic E-state index is 0.0975. The van der Waals surface area contributed by atoms with Crippen molar-refractivity contribution >= 4 is 38.1 Å². The SMILES string of the molecule is O=C(O)COc1ccc(/C=N\NS(=O)(=O)c2ccc(Br)cc2)cc1. The fraction of sp³-hybridized carbons (Fsp3) is 0.0667. The molecule has 0 unspecified atom stereocenters. The summed E-state index contributed by atoms with van der Waals surface area (Å²) >= 11 is 3.23. The van der Waals surface area contributed by atoms with E-state index in [9.17, 15) is 13.2 Å². The zero-order chi connectivity index (χ0) is 17.6. The van der Waals surface area contributed by atoms with Gasteiger partial charge in [0.1, 0.15) is 5.75 Å². The summed E-state index contributed by atoms with van der Waals surface area (Å²) in [6.45, 7) is -0.430. The van der Waals surface area contributed by atoms with Gasteiger partial charge < -0.3 is 9.84 Å². The Morgan fingerprint density at radius 2 is 1.79 bits per heavy atom. The zero-order valence-corrected chi connectivity index (χ0v) is 14.6. The van der Waals surface area contributed by atoms with Gasteiger partial charge in [0.2, 0.25) is 0 Å². The van der Waals surface area contributed by atoms with E-state index in [4.69, 9.17) is 9.84 Å². The number of nitrogens with one attached hydrogen (secondary N) is 1. The molecule has 7 nitrogen and oxygen atoms in total. The quantitative estimate of drug-likeness (QED) is 0.535. The molecule has 0 aliphatic rings. The van der Waals surface area contributed by atoms with E-state index in [-0.39, 0.29) is 4.90 Å². The van der Waals surface area contributed by atoms with E-state index < -0.39 is 22.6 Å². The summed E-state index contributed by atoms with van der Waals surface area (Å²) in [7, 11) is -3.73. The molecule has 0 radical (unpaired) electrons. The second kappa shape index (κ2) is 7.93. The van der Waals surface area contributed by atoms with Gasteiger partial charge in [-0.25, -0.2) is 9.63 Å². The van der Waals surface area contributed by atoms with Crippen LogP contribution in [0, 0.1) is 0 Å². The number of benzene rings is 2. The second-order valence-corrected chi connectivity index (χ2v) is 7.13. The van der Waals surface area contributed by atoms with Gasteiger partial charge in [0.05, 0.1) is 11.1 Å². The Morgan fingerprint density at radius 3 is 2.38 bits per heavy atom. The maximum atomic E-state index is 12.0. The maximum Gasteiger partial charge on any atom is 0.341 e. The van der Waals surface area contributed by atoms with E-state index in [1.807, 2.05) is 0 Å². The number of hydrazone groups is 1. The van der Waals surface area contributed by atoms with Crippen LogP contribution < -0.4 is 9.57 Å². The lowest BCUT2D eigenvalue weighted by atomic mass is 10.2. The molecular weight excluding hydrogens is 400 g/mol. The lowest BCUT2D eigenvalue weighted by Gasteiger charge is -2.04. The Balaban J connectivity index is 1.98. The summed E-state index contributed by atoms with van der Waals surface area (Å²) in [6.07, 6.45) is 1.33.